The SMILES string of the molecule is CC(=O)c1ccc(N2CCC(N)C2(C)C)cc1. The van der Waals surface area contributed by atoms with Gasteiger partial charge in [-0.05, 0) is 51.5 Å². The van der Waals surface area contributed by atoms with Gasteiger partial charge in [-0.3, -0.25) is 4.79 Å². The third-order valence-corrected chi connectivity index (χ3v) is 3.85. The largest absolute Gasteiger partial charge is 0.365 e. The van der Waals surface area contributed by atoms with Crippen LogP contribution < -0.4 is 10.6 Å². The molecule has 0 bridgehead atoms. The lowest BCUT2D eigenvalue weighted by Gasteiger charge is -2.36. The fourth-order valence-electron chi connectivity index (χ4n) is 2.45. The molecule has 1 heterocycles. The molecule has 92 valence electrons. The molecule has 2 rings (SSSR count). The van der Waals surface area contributed by atoms with Crippen LogP contribution in [0.15, 0.2) is 24.3 Å². The number of hydrogen-bond donors (Lipinski definition) is 1. The van der Waals surface area contributed by atoms with Crippen molar-refractivity contribution in [2.45, 2.75) is 38.8 Å². The van der Waals surface area contributed by atoms with E-state index < -0.39 is 0 Å². The van der Waals surface area contributed by atoms with Gasteiger partial charge in [0.05, 0.1) is 0 Å². The molecule has 1 aliphatic rings. The van der Waals surface area contributed by atoms with Crippen molar-refractivity contribution < 1.29 is 4.79 Å². The van der Waals surface area contributed by atoms with E-state index in [-0.39, 0.29) is 17.4 Å². The third kappa shape index (κ3) is 2.07. The van der Waals surface area contributed by atoms with E-state index >= 15 is 0 Å². The molecule has 0 saturated carbocycles. The Kier molecular flexibility index (Phi) is 2.96. The van der Waals surface area contributed by atoms with Gasteiger partial charge in [0.25, 0.3) is 0 Å². The van der Waals surface area contributed by atoms with Crippen LogP contribution in [0.4, 0.5) is 5.69 Å². The zero-order valence-electron chi connectivity index (χ0n) is 10.7. The highest BCUT2D eigenvalue weighted by atomic mass is 16.1. The number of carbonyl (C=O) groups is 1. The standard InChI is InChI=1S/C14H20N2O/c1-10(17)11-4-6-12(7-5-11)16-9-8-13(15)14(16,2)3/h4-7,13H,8-9,15H2,1-3H3. The highest BCUT2D eigenvalue weighted by Crippen LogP contribution is 2.32. The van der Waals surface area contributed by atoms with Crippen molar-refractivity contribution in [2.24, 2.45) is 5.73 Å². The molecule has 1 fully saturated rings. The van der Waals surface area contributed by atoms with Gasteiger partial charge in [-0.2, -0.15) is 0 Å². The molecule has 0 aliphatic carbocycles. The Morgan fingerprint density at radius 2 is 1.94 bits per heavy atom. The van der Waals surface area contributed by atoms with Crippen molar-refractivity contribution in [3.05, 3.63) is 29.8 Å². The van der Waals surface area contributed by atoms with Crippen molar-refractivity contribution in [3.8, 4) is 0 Å². The maximum absolute atomic E-state index is 11.2. The first-order valence-electron chi connectivity index (χ1n) is 6.07. The van der Waals surface area contributed by atoms with Crippen LogP contribution in [0.25, 0.3) is 0 Å². The second kappa shape index (κ2) is 4.15. The molecule has 1 aromatic carbocycles. The Morgan fingerprint density at radius 3 is 2.35 bits per heavy atom. The van der Waals surface area contributed by atoms with E-state index in [2.05, 4.69) is 18.7 Å². The molecule has 0 radical (unpaired) electrons. The second-order valence-corrected chi connectivity index (χ2v) is 5.30. The molecule has 0 amide bonds. The fraction of sp³-hybridized carbons (Fsp3) is 0.500. The van der Waals surface area contributed by atoms with Crippen LogP contribution in [0.5, 0.6) is 0 Å². The topological polar surface area (TPSA) is 46.3 Å². The molecule has 1 atom stereocenters. The van der Waals surface area contributed by atoms with E-state index in [0.717, 1.165) is 24.2 Å². The Balaban J connectivity index is 2.27. The van der Waals surface area contributed by atoms with Gasteiger partial charge in [-0.1, -0.05) is 0 Å². The van der Waals surface area contributed by atoms with Gasteiger partial charge in [-0.15, -0.1) is 0 Å². The Bertz CT molecular complexity index is 422. The molecule has 1 saturated heterocycles. The van der Waals surface area contributed by atoms with E-state index in [4.69, 9.17) is 5.73 Å². The number of hydrogen-bond acceptors (Lipinski definition) is 3. The van der Waals surface area contributed by atoms with Gasteiger partial charge in [-0.25, -0.2) is 0 Å². The predicted molar refractivity (Wildman–Crippen MR) is 70.5 cm³/mol. The molecule has 17 heavy (non-hydrogen) atoms. The fourth-order valence-corrected chi connectivity index (χ4v) is 2.45. The average molecular weight is 232 g/mol. The van der Waals surface area contributed by atoms with E-state index in [9.17, 15) is 4.79 Å². The van der Waals surface area contributed by atoms with Crippen LogP contribution in [0.1, 0.15) is 37.6 Å². The zero-order chi connectivity index (χ0) is 12.6. The molecule has 3 nitrogen and oxygen atoms in total. The number of carbonyl (C=O) groups excluding carboxylic acids is 1. The summed E-state index contributed by atoms with van der Waals surface area (Å²) < 4.78 is 0. The first-order chi connectivity index (χ1) is 7.93. The van der Waals surface area contributed by atoms with Gasteiger partial charge >= 0.3 is 0 Å². The highest BCUT2D eigenvalue weighted by molar-refractivity contribution is 5.94. The minimum Gasteiger partial charge on any atom is -0.365 e. The van der Waals surface area contributed by atoms with E-state index in [1.165, 1.54) is 0 Å². The van der Waals surface area contributed by atoms with Crippen molar-refractivity contribution >= 4 is 11.5 Å². The first-order valence-corrected chi connectivity index (χ1v) is 6.07. The summed E-state index contributed by atoms with van der Waals surface area (Å²) in [6.07, 6.45) is 1.02. The zero-order valence-corrected chi connectivity index (χ0v) is 10.7. The predicted octanol–water partition coefficient (Wildman–Crippen LogP) is 2.21. The maximum Gasteiger partial charge on any atom is 0.159 e. The normalized spacial score (nSPS) is 22.8. The number of ketones is 1. The molecule has 0 spiro atoms. The lowest BCUT2D eigenvalue weighted by atomic mass is 9.96. The van der Waals surface area contributed by atoms with Crippen LogP contribution >= 0.6 is 0 Å². The Morgan fingerprint density at radius 1 is 1.35 bits per heavy atom. The molecule has 0 aromatic heterocycles. The smallest absolute Gasteiger partial charge is 0.159 e. The molecule has 1 unspecified atom stereocenters. The maximum atomic E-state index is 11.2. The minimum atomic E-state index is -0.0161. The summed E-state index contributed by atoms with van der Waals surface area (Å²) in [7, 11) is 0. The number of rotatable bonds is 2. The van der Waals surface area contributed by atoms with E-state index in [0.29, 0.717) is 0 Å². The quantitative estimate of drug-likeness (QED) is 0.795. The van der Waals surface area contributed by atoms with Gasteiger partial charge in [0, 0.05) is 29.4 Å². The van der Waals surface area contributed by atoms with Crippen molar-refractivity contribution in [3.63, 3.8) is 0 Å². The molecular weight excluding hydrogens is 212 g/mol. The van der Waals surface area contributed by atoms with Crippen LogP contribution in [0.2, 0.25) is 0 Å². The van der Waals surface area contributed by atoms with Gasteiger partial charge < -0.3 is 10.6 Å². The highest BCUT2D eigenvalue weighted by Gasteiger charge is 2.38. The van der Waals surface area contributed by atoms with Crippen molar-refractivity contribution in [1.82, 2.24) is 0 Å². The average Bonchev–Trinajstić information content (AvgIpc) is 2.54. The van der Waals surface area contributed by atoms with Crippen LogP contribution in [0, 0.1) is 0 Å². The first kappa shape index (κ1) is 12.1. The second-order valence-electron chi connectivity index (χ2n) is 5.30. The van der Waals surface area contributed by atoms with Gasteiger partial charge in [0.2, 0.25) is 0 Å². The molecule has 2 N–H and O–H groups in total. The van der Waals surface area contributed by atoms with E-state index in [1.54, 1.807) is 6.92 Å². The lowest BCUT2D eigenvalue weighted by Crippen LogP contribution is -2.48. The summed E-state index contributed by atoms with van der Waals surface area (Å²) in [6, 6.07) is 8.00. The summed E-state index contributed by atoms with van der Waals surface area (Å²) in [5.74, 6) is 0.105. The molecule has 1 aromatic rings. The molecule has 1 aliphatic heterocycles. The van der Waals surface area contributed by atoms with Gasteiger partial charge in [0.1, 0.15) is 0 Å². The summed E-state index contributed by atoms with van der Waals surface area (Å²) in [5.41, 5.74) is 8.01. The lowest BCUT2D eigenvalue weighted by molar-refractivity contribution is 0.101. The number of anilines is 1. The third-order valence-electron chi connectivity index (χ3n) is 3.85. The number of nitrogens with zero attached hydrogens (tertiary/aromatic N) is 1. The van der Waals surface area contributed by atoms with Crippen LogP contribution in [-0.2, 0) is 0 Å². The summed E-state index contributed by atoms with van der Waals surface area (Å²) in [5, 5.41) is 0. The summed E-state index contributed by atoms with van der Waals surface area (Å²) in [6.45, 7) is 6.91. The number of Topliss-reactive ketones (excluding diaryl/α,β-unsaturated/α-hetero) is 1. The van der Waals surface area contributed by atoms with Gasteiger partial charge in [0.15, 0.2) is 5.78 Å². The molecule has 3 heteroatoms. The minimum absolute atomic E-state index is 0.0161. The molecular formula is C14H20N2O. The summed E-state index contributed by atoms with van der Waals surface area (Å²) in [4.78, 5) is 13.5. The van der Waals surface area contributed by atoms with Crippen molar-refractivity contribution in [2.75, 3.05) is 11.4 Å². The number of benzene rings is 1. The monoisotopic (exact) mass is 232 g/mol. The van der Waals surface area contributed by atoms with Crippen LogP contribution in [0.3, 0.4) is 0 Å². The van der Waals surface area contributed by atoms with Crippen LogP contribution in [-0.4, -0.2) is 23.9 Å². The van der Waals surface area contributed by atoms with Crippen molar-refractivity contribution in [1.29, 1.82) is 0 Å². The van der Waals surface area contributed by atoms with E-state index in [1.807, 2.05) is 24.3 Å². The summed E-state index contributed by atoms with van der Waals surface area (Å²) >= 11 is 0. The Labute approximate surface area is 103 Å². The Hall–Kier alpha value is -1.35. The number of nitrogens with two attached hydrogens (primary N) is 1.